The molecule has 0 fully saturated rings. The molecule has 2 aromatic carbocycles. The molecule has 2 aromatic rings. The van der Waals surface area contributed by atoms with Crippen molar-refractivity contribution in [3.63, 3.8) is 0 Å². The number of carboxylic acid groups (broad SMARTS) is 1. The zero-order chi connectivity index (χ0) is 16.3. The van der Waals surface area contributed by atoms with Gasteiger partial charge in [0.05, 0.1) is 26.9 Å². The number of aromatic carboxylic acids is 1. The molecule has 2 rings (SSSR count). The maximum absolute atomic E-state index is 11.1. The molecule has 0 saturated carbocycles. The molecule has 22 heavy (non-hydrogen) atoms. The second-order valence-corrected chi connectivity index (χ2v) is 6.52. The lowest BCUT2D eigenvalue weighted by Crippen LogP contribution is -2.00. The quantitative estimate of drug-likeness (QED) is 0.586. The van der Waals surface area contributed by atoms with Gasteiger partial charge in [0.1, 0.15) is 5.75 Å². The second-order valence-electron chi connectivity index (χ2n) is 4.19. The number of methoxy groups -OCH3 is 2. The number of halogens is 2. The van der Waals surface area contributed by atoms with Gasteiger partial charge in [0.25, 0.3) is 0 Å². The lowest BCUT2D eigenvalue weighted by Gasteiger charge is -2.13. The summed E-state index contributed by atoms with van der Waals surface area (Å²) in [6.45, 7) is 0. The van der Waals surface area contributed by atoms with E-state index in [9.17, 15) is 4.79 Å². The van der Waals surface area contributed by atoms with Gasteiger partial charge in [-0.2, -0.15) is 0 Å². The smallest absolute Gasteiger partial charge is 0.335 e. The van der Waals surface area contributed by atoms with E-state index in [1.54, 1.807) is 44.6 Å². The molecule has 0 saturated heterocycles. The zero-order valence-electron chi connectivity index (χ0n) is 11.7. The van der Waals surface area contributed by atoms with Crippen molar-refractivity contribution in [1.29, 1.82) is 0 Å². The number of ether oxygens (including phenoxy) is 3. The number of hydrogen-bond acceptors (Lipinski definition) is 4. The van der Waals surface area contributed by atoms with Gasteiger partial charge in [-0.25, -0.2) is 4.79 Å². The van der Waals surface area contributed by atoms with Crippen molar-refractivity contribution in [3.05, 3.63) is 43.0 Å². The van der Waals surface area contributed by atoms with Crippen LogP contribution in [0, 0.1) is 7.14 Å². The Morgan fingerprint density at radius 2 is 1.59 bits per heavy atom. The first kappa shape index (κ1) is 17.1. The highest BCUT2D eigenvalue weighted by Gasteiger charge is 2.14. The normalized spacial score (nSPS) is 10.2. The lowest BCUT2D eigenvalue weighted by molar-refractivity contribution is 0.0696. The van der Waals surface area contributed by atoms with Crippen LogP contribution in [0.1, 0.15) is 10.4 Å². The second kappa shape index (κ2) is 7.36. The molecule has 0 radical (unpaired) electrons. The third kappa shape index (κ3) is 3.75. The van der Waals surface area contributed by atoms with Gasteiger partial charge < -0.3 is 19.3 Å². The third-order valence-corrected chi connectivity index (χ3v) is 4.42. The molecule has 0 atom stereocenters. The molecule has 116 valence electrons. The highest BCUT2D eigenvalue weighted by molar-refractivity contribution is 14.1. The topological polar surface area (TPSA) is 65.0 Å². The molecule has 0 unspecified atom stereocenters. The summed E-state index contributed by atoms with van der Waals surface area (Å²) in [4.78, 5) is 11.1. The maximum Gasteiger partial charge on any atom is 0.335 e. The van der Waals surface area contributed by atoms with E-state index in [4.69, 9.17) is 19.3 Å². The monoisotopic (exact) mass is 526 g/mol. The average molecular weight is 526 g/mol. The van der Waals surface area contributed by atoms with E-state index in [-0.39, 0.29) is 5.56 Å². The maximum atomic E-state index is 11.1. The van der Waals surface area contributed by atoms with Crippen LogP contribution in [-0.2, 0) is 0 Å². The SMILES string of the molecule is COc1ccc(Oc2c(I)cc(C(=O)O)cc2I)cc1OC. The van der Waals surface area contributed by atoms with Crippen LogP contribution in [0.2, 0.25) is 0 Å². The van der Waals surface area contributed by atoms with Gasteiger partial charge in [-0.3, -0.25) is 0 Å². The van der Waals surface area contributed by atoms with Gasteiger partial charge in [0.2, 0.25) is 0 Å². The van der Waals surface area contributed by atoms with Gasteiger partial charge >= 0.3 is 5.97 Å². The molecule has 5 nitrogen and oxygen atoms in total. The Labute approximate surface area is 154 Å². The summed E-state index contributed by atoms with van der Waals surface area (Å²) in [6.07, 6.45) is 0. The van der Waals surface area contributed by atoms with Crippen LogP contribution in [0.15, 0.2) is 30.3 Å². The molecule has 0 aliphatic carbocycles. The predicted molar refractivity (Wildman–Crippen MR) is 98.5 cm³/mol. The Balaban J connectivity index is 2.37. The molecular formula is C15H12I2O5. The van der Waals surface area contributed by atoms with Crippen LogP contribution in [0.25, 0.3) is 0 Å². The van der Waals surface area contributed by atoms with Gasteiger partial charge in [-0.1, -0.05) is 0 Å². The summed E-state index contributed by atoms with van der Waals surface area (Å²) < 4.78 is 17.7. The van der Waals surface area contributed by atoms with Gasteiger partial charge in [-0.05, 0) is 69.4 Å². The summed E-state index contributed by atoms with van der Waals surface area (Å²) >= 11 is 4.11. The summed E-state index contributed by atoms with van der Waals surface area (Å²) in [6, 6.07) is 8.37. The van der Waals surface area contributed by atoms with Crippen LogP contribution in [0.3, 0.4) is 0 Å². The van der Waals surface area contributed by atoms with Crippen molar-refractivity contribution in [2.24, 2.45) is 0 Å². The van der Waals surface area contributed by atoms with Gasteiger partial charge in [-0.15, -0.1) is 0 Å². The number of hydrogen-bond donors (Lipinski definition) is 1. The fraction of sp³-hybridized carbons (Fsp3) is 0.133. The molecule has 0 aliphatic rings. The van der Waals surface area contributed by atoms with Crippen molar-refractivity contribution in [2.75, 3.05) is 14.2 Å². The van der Waals surface area contributed by atoms with E-state index in [1.807, 2.05) is 0 Å². The Hall–Kier alpha value is -1.23. The van der Waals surface area contributed by atoms with Crippen molar-refractivity contribution in [2.45, 2.75) is 0 Å². The lowest BCUT2D eigenvalue weighted by atomic mass is 10.2. The summed E-state index contributed by atoms with van der Waals surface area (Å²) in [7, 11) is 3.12. The molecule has 0 heterocycles. The van der Waals surface area contributed by atoms with Crippen molar-refractivity contribution < 1.29 is 24.1 Å². The Kier molecular flexibility index (Phi) is 5.73. The molecule has 0 aliphatic heterocycles. The summed E-state index contributed by atoms with van der Waals surface area (Å²) in [5.74, 6) is 1.40. The average Bonchev–Trinajstić information content (AvgIpc) is 2.50. The molecule has 7 heteroatoms. The largest absolute Gasteiger partial charge is 0.493 e. The van der Waals surface area contributed by atoms with Crippen molar-refractivity contribution in [3.8, 4) is 23.0 Å². The Bertz CT molecular complexity index is 692. The molecule has 0 aromatic heterocycles. The van der Waals surface area contributed by atoms with E-state index in [2.05, 4.69) is 45.2 Å². The fourth-order valence-electron chi connectivity index (χ4n) is 1.78. The third-order valence-electron chi connectivity index (χ3n) is 2.82. The molecule has 0 spiro atoms. The molecule has 1 N–H and O–H groups in total. The first-order valence-corrected chi connectivity index (χ1v) is 8.24. The minimum atomic E-state index is -0.964. The van der Waals surface area contributed by atoms with Crippen LogP contribution >= 0.6 is 45.2 Å². The minimum absolute atomic E-state index is 0.230. The van der Waals surface area contributed by atoms with E-state index < -0.39 is 5.97 Å². The minimum Gasteiger partial charge on any atom is -0.493 e. The van der Waals surface area contributed by atoms with Gasteiger partial charge in [0.15, 0.2) is 17.2 Å². The van der Waals surface area contributed by atoms with Crippen molar-refractivity contribution >= 4 is 51.2 Å². The van der Waals surface area contributed by atoms with E-state index in [0.29, 0.717) is 23.0 Å². The molecule has 0 amide bonds. The number of carboxylic acids is 1. The standard InChI is InChI=1S/C15H12I2O5/c1-20-12-4-3-9(7-13(12)21-2)22-14-10(16)5-8(15(18)19)6-11(14)17/h3-7H,1-2H3,(H,18,19). The Morgan fingerprint density at radius 1 is 1.00 bits per heavy atom. The molecule has 0 bridgehead atoms. The number of carbonyl (C=O) groups is 1. The first-order chi connectivity index (χ1) is 10.5. The van der Waals surface area contributed by atoms with Crippen LogP contribution < -0.4 is 14.2 Å². The first-order valence-electron chi connectivity index (χ1n) is 6.08. The van der Waals surface area contributed by atoms with Crippen molar-refractivity contribution in [1.82, 2.24) is 0 Å². The highest BCUT2D eigenvalue weighted by atomic mass is 127. The summed E-state index contributed by atoms with van der Waals surface area (Å²) in [5.41, 5.74) is 0.230. The van der Waals surface area contributed by atoms with E-state index in [1.165, 1.54) is 0 Å². The summed E-state index contributed by atoms with van der Waals surface area (Å²) in [5, 5.41) is 9.06. The highest BCUT2D eigenvalue weighted by Crippen LogP contribution is 2.36. The van der Waals surface area contributed by atoms with E-state index >= 15 is 0 Å². The number of rotatable bonds is 5. The van der Waals surface area contributed by atoms with Crippen LogP contribution in [0.4, 0.5) is 0 Å². The Morgan fingerprint density at radius 3 is 2.09 bits per heavy atom. The molecular weight excluding hydrogens is 514 g/mol. The zero-order valence-corrected chi connectivity index (χ0v) is 16.0. The van der Waals surface area contributed by atoms with Crippen LogP contribution in [-0.4, -0.2) is 25.3 Å². The van der Waals surface area contributed by atoms with Crippen LogP contribution in [0.5, 0.6) is 23.0 Å². The number of benzene rings is 2. The van der Waals surface area contributed by atoms with E-state index in [0.717, 1.165) is 7.14 Å². The fourth-order valence-corrected chi connectivity index (χ4v) is 3.77. The van der Waals surface area contributed by atoms with Gasteiger partial charge in [0, 0.05) is 6.07 Å². The predicted octanol–water partition coefficient (Wildman–Crippen LogP) is 4.40.